The van der Waals surface area contributed by atoms with Crippen molar-refractivity contribution in [3.05, 3.63) is 29.0 Å². The molecule has 3 N–H and O–H groups in total. The van der Waals surface area contributed by atoms with E-state index in [-0.39, 0.29) is 12.5 Å². The van der Waals surface area contributed by atoms with Crippen molar-refractivity contribution in [3.63, 3.8) is 0 Å². The fraction of sp³-hybridized carbons (Fsp3) is 0.0909. The van der Waals surface area contributed by atoms with Crippen molar-refractivity contribution in [1.82, 2.24) is 9.78 Å². The minimum atomic E-state index is -0.181. The molecule has 0 radical (unpaired) electrons. The summed E-state index contributed by atoms with van der Waals surface area (Å²) in [7, 11) is 0. The first kappa shape index (κ1) is 11.1. The quantitative estimate of drug-likeness (QED) is 0.783. The molecule has 6 nitrogen and oxygen atoms in total. The van der Waals surface area contributed by atoms with Crippen LogP contribution in [0.15, 0.2) is 29.0 Å². The molecule has 3 rings (SSSR count). The molecule has 1 aliphatic heterocycles. The summed E-state index contributed by atoms with van der Waals surface area (Å²) in [4.78, 5) is 11.3. The number of nitrogens with zero attached hydrogens (tertiary/aromatic N) is 2. The van der Waals surface area contributed by atoms with Crippen LogP contribution in [0, 0.1) is 0 Å². The van der Waals surface area contributed by atoms with Crippen LogP contribution >= 0.6 is 15.9 Å². The lowest BCUT2D eigenvalue weighted by Gasteiger charge is -2.19. The fourth-order valence-corrected chi connectivity index (χ4v) is 2.05. The number of benzene rings is 1. The Morgan fingerprint density at radius 3 is 3.06 bits per heavy atom. The molecule has 0 aliphatic carbocycles. The van der Waals surface area contributed by atoms with Gasteiger partial charge < -0.3 is 15.8 Å². The van der Waals surface area contributed by atoms with Gasteiger partial charge in [0.25, 0.3) is 5.91 Å². The lowest BCUT2D eigenvalue weighted by Crippen LogP contribution is -2.25. The molecule has 0 atom stereocenters. The van der Waals surface area contributed by atoms with Crippen LogP contribution in [0.2, 0.25) is 0 Å². The maximum absolute atomic E-state index is 11.3. The van der Waals surface area contributed by atoms with Crippen molar-refractivity contribution in [3.8, 4) is 11.4 Å². The molecule has 18 heavy (non-hydrogen) atoms. The number of nitrogen functional groups attached to an aromatic ring is 1. The zero-order valence-corrected chi connectivity index (χ0v) is 10.8. The van der Waals surface area contributed by atoms with Gasteiger partial charge in [0.1, 0.15) is 5.75 Å². The SMILES string of the molecule is Nc1cc2c(cc1-n1cc(Br)cn1)NC(=O)CO2. The van der Waals surface area contributed by atoms with Crippen molar-refractivity contribution >= 4 is 33.2 Å². The molecular formula is C11H9BrN4O2. The Hall–Kier alpha value is -2.02. The Bertz CT molecular complexity index is 638. The summed E-state index contributed by atoms with van der Waals surface area (Å²) >= 11 is 3.32. The average molecular weight is 309 g/mol. The van der Waals surface area contributed by atoms with E-state index in [4.69, 9.17) is 10.5 Å². The van der Waals surface area contributed by atoms with Crippen LogP contribution in [0.1, 0.15) is 0 Å². The molecule has 0 fully saturated rings. The van der Waals surface area contributed by atoms with Gasteiger partial charge in [-0.2, -0.15) is 5.10 Å². The predicted molar refractivity (Wildman–Crippen MR) is 69.8 cm³/mol. The Morgan fingerprint density at radius 1 is 1.50 bits per heavy atom. The number of nitrogens with two attached hydrogens (primary N) is 1. The maximum atomic E-state index is 11.3. The van der Waals surface area contributed by atoms with Crippen molar-refractivity contribution in [2.45, 2.75) is 0 Å². The molecule has 92 valence electrons. The second kappa shape index (κ2) is 4.02. The van der Waals surface area contributed by atoms with Crippen LogP contribution in [0.25, 0.3) is 5.69 Å². The molecule has 0 saturated heterocycles. The van der Waals surface area contributed by atoms with E-state index in [0.29, 0.717) is 22.8 Å². The van der Waals surface area contributed by atoms with E-state index >= 15 is 0 Å². The van der Waals surface area contributed by atoms with Crippen LogP contribution in [0.3, 0.4) is 0 Å². The first-order valence-electron chi connectivity index (χ1n) is 5.20. The van der Waals surface area contributed by atoms with Crippen molar-refractivity contribution in [1.29, 1.82) is 0 Å². The van der Waals surface area contributed by atoms with Gasteiger partial charge in [-0.15, -0.1) is 0 Å². The maximum Gasteiger partial charge on any atom is 0.262 e. The van der Waals surface area contributed by atoms with Crippen molar-refractivity contribution in [2.24, 2.45) is 0 Å². The van der Waals surface area contributed by atoms with E-state index in [1.54, 1.807) is 29.2 Å². The van der Waals surface area contributed by atoms with Crippen LogP contribution in [-0.4, -0.2) is 22.3 Å². The molecule has 0 bridgehead atoms. The number of carbonyl (C=O) groups is 1. The second-order valence-electron chi connectivity index (χ2n) is 3.85. The molecule has 2 heterocycles. The van der Waals surface area contributed by atoms with Gasteiger partial charge in [0, 0.05) is 12.3 Å². The number of ether oxygens (including phenoxy) is 1. The summed E-state index contributed by atoms with van der Waals surface area (Å²) in [6, 6.07) is 3.42. The Kier molecular flexibility index (Phi) is 2.48. The summed E-state index contributed by atoms with van der Waals surface area (Å²) in [6.45, 7) is 0.0130. The van der Waals surface area contributed by atoms with Gasteiger partial charge in [0.05, 0.1) is 27.7 Å². The van der Waals surface area contributed by atoms with E-state index in [2.05, 4.69) is 26.3 Å². The van der Waals surface area contributed by atoms with Gasteiger partial charge in [0.2, 0.25) is 0 Å². The number of nitrogens with one attached hydrogen (secondary N) is 1. The van der Waals surface area contributed by atoms with Crippen LogP contribution in [0.5, 0.6) is 5.75 Å². The fourth-order valence-electron chi connectivity index (χ4n) is 1.76. The molecule has 1 aromatic heterocycles. The normalized spacial score (nSPS) is 13.7. The minimum Gasteiger partial charge on any atom is -0.482 e. The number of carbonyl (C=O) groups excluding carboxylic acids is 1. The molecule has 0 spiro atoms. The number of halogens is 1. The van der Waals surface area contributed by atoms with Crippen molar-refractivity contribution < 1.29 is 9.53 Å². The molecule has 0 saturated carbocycles. The third-order valence-corrected chi connectivity index (χ3v) is 2.97. The monoisotopic (exact) mass is 308 g/mol. The highest BCUT2D eigenvalue weighted by Gasteiger charge is 2.18. The minimum absolute atomic E-state index is 0.0130. The van der Waals surface area contributed by atoms with Crippen LogP contribution < -0.4 is 15.8 Å². The number of aromatic nitrogens is 2. The van der Waals surface area contributed by atoms with Gasteiger partial charge in [-0.25, -0.2) is 4.68 Å². The van der Waals surface area contributed by atoms with Gasteiger partial charge in [-0.1, -0.05) is 0 Å². The smallest absolute Gasteiger partial charge is 0.262 e. The summed E-state index contributed by atoms with van der Waals surface area (Å²) in [5, 5.41) is 6.88. The Balaban J connectivity index is 2.11. The summed E-state index contributed by atoms with van der Waals surface area (Å²) < 4.78 is 7.75. The zero-order chi connectivity index (χ0) is 12.7. The molecule has 1 aliphatic rings. The molecule has 7 heteroatoms. The van der Waals surface area contributed by atoms with E-state index in [0.717, 1.165) is 4.47 Å². The molecule has 1 amide bonds. The van der Waals surface area contributed by atoms with Crippen molar-refractivity contribution in [2.75, 3.05) is 17.7 Å². The van der Waals surface area contributed by atoms with E-state index in [1.807, 2.05) is 0 Å². The number of hydrogen-bond donors (Lipinski definition) is 2. The zero-order valence-electron chi connectivity index (χ0n) is 9.18. The lowest BCUT2D eigenvalue weighted by molar-refractivity contribution is -0.118. The average Bonchev–Trinajstić information content (AvgIpc) is 2.75. The summed E-state index contributed by atoms with van der Waals surface area (Å²) in [5.41, 5.74) is 7.76. The predicted octanol–water partition coefficient (Wildman–Crippen LogP) is 1.55. The number of hydrogen-bond acceptors (Lipinski definition) is 4. The summed E-state index contributed by atoms with van der Waals surface area (Å²) in [5.74, 6) is 0.391. The molecule has 1 aromatic carbocycles. The van der Waals surface area contributed by atoms with E-state index in [1.165, 1.54) is 0 Å². The number of fused-ring (bicyclic) bond motifs is 1. The van der Waals surface area contributed by atoms with Gasteiger partial charge in [-0.3, -0.25) is 4.79 Å². The molecular weight excluding hydrogens is 300 g/mol. The Morgan fingerprint density at radius 2 is 2.33 bits per heavy atom. The lowest BCUT2D eigenvalue weighted by atomic mass is 10.2. The molecule has 0 unspecified atom stereocenters. The van der Waals surface area contributed by atoms with Crippen LogP contribution in [-0.2, 0) is 4.79 Å². The standard InChI is InChI=1S/C11H9BrN4O2/c12-6-3-14-16(4-6)9-2-8-10(1-7(9)13)18-5-11(17)15-8/h1-4H,5,13H2,(H,15,17). The van der Waals surface area contributed by atoms with E-state index < -0.39 is 0 Å². The van der Waals surface area contributed by atoms with E-state index in [9.17, 15) is 4.79 Å². The Labute approximate surface area is 111 Å². The number of anilines is 2. The largest absolute Gasteiger partial charge is 0.482 e. The number of amides is 1. The number of rotatable bonds is 1. The van der Waals surface area contributed by atoms with Gasteiger partial charge >= 0.3 is 0 Å². The second-order valence-corrected chi connectivity index (χ2v) is 4.76. The van der Waals surface area contributed by atoms with Gasteiger partial charge in [0.15, 0.2) is 6.61 Å². The van der Waals surface area contributed by atoms with Crippen LogP contribution in [0.4, 0.5) is 11.4 Å². The summed E-state index contributed by atoms with van der Waals surface area (Å²) in [6.07, 6.45) is 3.44. The van der Waals surface area contributed by atoms with Gasteiger partial charge in [-0.05, 0) is 22.0 Å². The first-order chi connectivity index (χ1) is 8.63. The topological polar surface area (TPSA) is 82.2 Å². The highest BCUT2D eigenvalue weighted by atomic mass is 79.9. The first-order valence-corrected chi connectivity index (χ1v) is 5.99. The highest BCUT2D eigenvalue weighted by Crippen LogP contribution is 2.34. The third-order valence-electron chi connectivity index (χ3n) is 2.56. The third kappa shape index (κ3) is 1.82. The molecule has 2 aromatic rings. The highest BCUT2D eigenvalue weighted by molar-refractivity contribution is 9.10.